The molecule has 6 nitrogen and oxygen atoms in total. The SMILES string of the molecule is CC(C)(C)C(=O)N1CCC2(CCCCOCCNC(=O)c3ccccc3OC2)CC1. The van der Waals surface area contributed by atoms with Crippen LogP contribution in [0, 0.1) is 10.8 Å². The van der Waals surface area contributed by atoms with Crippen LogP contribution in [-0.2, 0) is 9.53 Å². The summed E-state index contributed by atoms with van der Waals surface area (Å²) in [5.74, 6) is 0.709. The standard InChI is InChI=1S/C24H36N2O4/c1-23(2,3)22(28)26-14-11-24(12-15-26)10-6-7-16-29-17-13-25-21(27)19-8-4-5-9-20(19)30-18-24/h4-5,8-9H,6-7,10-18H2,1-3H3,(H,25,27). The van der Waals surface area contributed by atoms with Crippen molar-refractivity contribution < 1.29 is 19.1 Å². The highest BCUT2D eigenvalue weighted by molar-refractivity contribution is 5.96. The van der Waals surface area contributed by atoms with Crippen molar-refractivity contribution in [3.8, 4) is 5.75 Å². The molecule has 166 valence electrons. The molecule has 1 N–H and O–H groups in total. The van der Waals surface area contributed by atoms with Gasteiger partial charge < -0.3 is 19.7 Å². The van der Waals surface area contributed by atoms with E-state index in [1.807, 2.05) is 43.9 Å². The monoisotopic (exact) mass is 416 g/mol. The molecule has 0 radical (unpaired) electrons. The van der Waals surface area contributed by atoms with E-state index in [1.54, 1.807) is 6.07 Å². The Morgan fingerprint density at radius 2 is 1.80 bits per heavy atom. The van der Waals surface area contributed by atoms with Crippen LogP contribution in [0.25, 0.3) is 0 Å². The predicted molar refractivity (Wildman–Crippen MR) is 117 cm³/mol. The molecule has 0 bridgehead atoms. The van der Waals surface area contributed by atoms with Crippen molar-refractivity contribution >= 4 is 11.8 Å². The van der Waals surface area contributed by atoms with Crippen LogP contribution >= 0.6 is 0 Å². The smallest absolute Gasteiger partial charge is 0.255 e. The van der Waals surface area contributed by atoms with Gasteiger partial charge in [0.05, 0.1) is 18.8 Å². The van der Waals surface area contributed by atoms with E-state index in [0.29, 0.717) is 37.7 Å². The minimum absolute atomic E-state index is 0.0162. The van der Waals surface area contributed by atoms with Gasteiger partial charge in [0.15, 0.2) is 0 Å². The molecule has 1 spiro atoms. The number of benzene rings is 1. The number of rotatable bonds is 0. The third kappa shape index (κ3) is 5.75. The van der Waals surface area contributed by atoms with Gasteiger partial charge in [0, 0.05) is 37.1 Å². The summed E-state index contributed by atoms with van der Waals surface area (Å²) in [4.78, 5) is 27.3. The number of carbonyl (C=O) groups excluding carboxylic acids is 2. The third-order valence-electron chi connectivity index (χ3n) is 6.20. The van der Waals surface area contributed by atoms with Gasteiger partial charge >= 0.3 is 0 Å². The largest absolute Gasteiger partial charge is 0.492 e. The summed E-state index contributed by atoms with van der Waals surface area (Å²) in [6, 6.07) is 7.42. The summed E-state index contributed by atoms with van der Waals surface area (Å²) in [7, 11) is 0. The molecular weight excluding hydrogens is 380 g/mol. The maximum atomic E-state index is 12.7. The second-order valence-corrected chi connectivity index (χ2v) is 9.65. The first-order valence-corrected chi connectivity index (χ1v) is 11.2. The number of piperidine rings is 1. The van der Waals surface area contributed by atoms with Gasteiger partial charge in [0.2, 0.25) is 5.91 Å². The zero-order valence-corrected chi connectivity index (χ0v) is 18.7. The van der Waals surface area contributed by atoms with E-state index in [4.69, 9.17) is 9.47 Å². The van der Waals surface area contributed by atoms with E-state index in [1.165, 1.54) is 0 Å². The quantitative estimate of drug-likeness (QED) is 0.701. The summed E-state index contributed by atoms with van der Waals surface area (Å²) < 4.78 is 11.9. The summed E-state index contributed by atoms with van der Waals surface area (Å²) in [6.07, 6.45) is 4.96. The lowest BCUT2D eigenvalue weighted by molar-refractivity contribution is -0.142. The van der Waals surface area contributed by atoms with Crippen molar-refractivity contribution in [2.75, 3.05) is 39.5 Å². The van der Waals surface area contributed by atoms with Crippen LogP contribution in [0.5, 0.6) is 5.75 Å². The third-order valence-corrected chi connectivity index (χ3v) is 6.20. The van der Waals surface area contributed by atoms with E-state index < -0.39 is 0 Å². The van der Waals surface area contributed by atoms with Gasteiger partial charge in [-0.25, -0.2) is 0 Å². The van der Waals surface area contributed by atoms with Gasteiger partial charge in [0.25, 0.3) is 5.91 Å². The number of hydrogen-bond donors (Lipinski definition) is 1. The highest BCUT2D eigenvalue weighted by Gasteiger charge is 2.38. The molecule has 1 aromatic rings. The Hall–Kier alpha value is -2.08. The van der Waals surface area contributed by atoms with Crippen LogP contribution in [0.15, 0.2) is 24.3 Å². The van der Waals surface area contributed by atoms with Crippen molar-refractivity contribution in [3.63, 3.8) is 0 Å². The van der Waals surface area contributed by atoms with E-state index in [2.05, 4.69) is 5.32 Å². The first-order valence-electron chi connectivity index (χ1n) is 11.2. The lowest BCUT2D eigenvalue weighted by Crippen LogP contribution is -2.48. The molecule has 0 aliphatic carbocycles. The van der Waals surface area contributed by atoms with Gasteiger partial charge in [-0.2, -0.15) is 0 Å². The molecule has 3 rings (SSSR count). The summed E-state index contributed by atoms with van der Waals surface area (Å²) >= 11 is 0. The maximum absolute atomic E-state index is 12.7. The Morgan fingerprint density at radius 3 is 2.53 bits per heavy atom. The predicted octanol–water partition coefficient (Wildman–Crippen LogP) is 3.65. The zero-order chi connectivity index (χ0) is 21.6. The number of hydrogen-bond acceptors (Lipinski definition) is 4. The van der Waals surface area contributed by atoms with Gasteiger partial charge in [-0.15, -0.1) is 0 Å². The highest BCUT2D eigenvalue weighted by Crippen LogP contribution is 2.38. The van der Waals surface area contributed by atoms with Crippen molar-refractivity contribution in [1.29, 1.82) is 0 Å². The van der Waals surface area contributed by atoms with Gasteiger partial charge in [0.1, 0.15) is 5.75 Å². The number of para-hydroxylation sites is 1. The average molecular weight is 417 g/mol. The minimum Gasteiger partial charge on any atom is -0.492 e. The fourth-order valence-electron chi connectivity index (χ4n) is 4.27. The number of nitrogens with one attached hydrogen (secondary N) is 1. The van der Waals surface area contributed by atoms with Crippen LogP contribution in [0.4, 0.5) is 0 Å². The zero-order valence-electron chi connectivity index (χ0n) is 18.7. The molecule has 30 heavy (non-hydrogen) atoms. The fraction of sp³-hybridized carbons (Fsp3) is 0.667. The average Bonchev–Trinajstić information content (AvgIpc) is 2.73. The van der Waals surface area contributed by atoms with E-state index >= 15 is 0 Å². The Bertz CT molecular complexity index is 733. The molecule has 2 aliphatic rings. The topological polar surface area (TPSA) is 67.9 Å². The van der Waals surface area contributed by atoms with Crippen LogP contribution in [0.3, 0.4) is 0 Å². The summed E-state index contributed by atoms with van der Waals surface area (Å²) in [6.45, 7) is 9.74. The van der Waals surface area contributed by atoms with Crippen LogP contribution < -0.4 is 10.1 Å². The number of carbonyl (C=O) groups is 2. The number of nitrogens with zero attached hydrogens (tertiary/aromatic N) is 1. The van der Waals surface area contributed by atoms with Crippen LogP contribution in [0.1, 0.15) is 63.2 Å². The van der Waals surface area contributed by atoms with Crippen LogP contribution in [-0.4, -0.2) is 56.2 Å². The van der Waals surface area contributed by atoms with E-state index in [0.717, 1.165) is 45.2 Å². The normalized spacial score (nSPS) is 21.2. The first kappa shape index (κ1) is 22.6. The number of fused-ring (bicyclic) bond motifs is 1. The Labute approximate surface area is 180 Å². The molecule has 1 saturated heterocycles. The molecule has 2 heterocycles. The lowest BCUT2D eigenvalue weighted by Gasteiger charge is -2.43. The number of likely N-dealkylation sites (tertiary alicyclic amines) is 1. The fourth-order valence-corrected chi connectivity index (χ4v) is 4.27. The molecule has 2 amide bonds. The maximum Gasteiger partial charge on any atom is 0.255 e. The Morgan fingerprint density at radius 1 is 1.07 bits per heavy atom. The number of ether oxygens (including phenoxy) is 2. The summed E-state index contributed by atoms with van der Waals surface area (Å²) in [5, 5.41) is 2.91. The van der Waals surface area contributed by atoms with Gasteiger partial charge in [-0.3, -0.25) is 9.59 Å². The number of amides is 2. The molecule has 0 saturated carbocycles. The molecule has 0 atom stereocenters. The lowest BCUT2D eigenvalue weighted by atomic mass is 9.74. The van der Waals surface area contributed by atoms with Crippen molar-refractivity contribution in [2.45, 2.75) is 52.9 Å². The molecular formula is C24H36N2O4. The molecule has 1 fully saturated rings. The Balaban J connectivity index is 1.74. The van der Waals surface area contributed by atoms with Crippen molar-refractivity contribution in [1.82, 2.24) is 10.2 Å². The minimum atomic E-state index is -0.353. The van der Waals surface area contributed by atoms with Crippen molar-refractivity contribution in [3.05, 3.63) is 29.8 Å². The molecule has 2 aliphatic heterocycles. The molecule has 0 unspecified atom stereocenters. The van der Waals surface area contributed by atoms with E-state index in [-0.39, 0.29) is 22.6 Å². The summed E-state index contributed by atoms with van der Waals surface area (Å²) in [5.41, 5.74) is 0.223. The first-order chi connectivity index (χ1) is 14.3. The Kier molecular flexibility index (Phi) is 7.40. The highest BCUT2D eigenvalue weighted by atomic mass is 16.5. The van der Waals surface area contributed by atoms with Gasteiger partial charge in [-0.05, 0) is 37.8 Å². The van der Waals surface area contributed by atoms with Crippen LogP contribution in [0.2, 0.25) is 0 Å². The van der Waals surface area contributed by atoms with Gasteiger partial charge in [-0.1, -0.05) is 39.3 Å². The molecule has 6 heteroatoms. The van der Waals surface area contributed by atoms with Crippen molar-refractivity contribution in [2.24, 2.45) is 10.8 Å². The second kappa shape index (κ2) is 9.82. The second-order valence-electron chi connectivity index (χ2n) is 9.65. The van der Waals surface area contributed by atoms with E-state index in [9.17, 15) is 9.59 Å². The molecule has 1 aromatic carbocycles. The molecule has 0 aromatic heterocycles.